The van der Waals surface area contributed by atoms with Crippen molar-refractivity contribution in [3.05, 3.63) is 23.8 Å². The molecule has 0 radical (unpaired) electrons. The summed E-state index contributed by atoms with van der Waals surface area (Å²) in [6.45, 7) is 2.04. The van der Waals surface area contributed by atoms with Gasteiger partial charge in [0, 0.05) is 11.3 Å². The van der Waals surface area contributed by atoms with Crippen LogP contribution in [-0.2, 0) is 0 Å². The predicted octanol–water partition coefficient (Wildman–Crippen LogP) is 1.57. The Balaban J connectivity index is 2.13. The van der Waals surface area contributed by atoms with E-state index >= 15 is 0 Å². The van der Waals surface area contributed by atoms with E-state index in [-0.39, 0.29) is 0 Å². The summed E-state index contributed by atoms with van der Waals surface area (Å²) in [5.74, 6) is 0.781. The van der Waals surface area contributed by atoms with Gasteiger partial charge in [-0.1, -0.05) is 11.6 Å². The first kappa shape index (κ1) is 9.33. The monoisotopic (exact) mass is 215 g/mol. The van der Waals surface area contributed by atoms with Gasteiger partial charge in [0.1, 0.15) is 0 Å². The van der Waals surface area contributed by atoms with E-state index in [9.17, 15) is 0 Å². The topological polar surface area (TPSA) is 69.6 Å². The van der Waals surface area contributed by atoms with Crippen LogP contribution in [0, 0.1) is 6.92 Å². The van der Waals surface area contributed by atoms with Crippen LogP contribution in [0.4, 0.5) is 5.69 Å². The molecule has 1 aromatic carbocycles. The van der Waals surface area contributed by atoms with Gasteiger partial charge in [-0.2, -0.15) is 0 Å². The van der Waals surface area contributed by atoms with Crippen LogP contribution < -0.4 is 5.73 Å². The summed E-state index contributed by atoms with van der Waals surface area (Å²) in [6, 6.07) is 6.38. The molecule has 1 heterocycles. The Bertz CT molecular complexity index is 527. The molecule has 1 aliphatic rings. The molecule has 2 aromatic rings. The largest absolute Gasteiger partial charge is 0.398 e. The first-order valence-electron chi connectivity index (χ1n) is 5.40. The van der Waals surface area contributed by atoms with Gasteiger partial charge in [-0.05, 0) is 42.3 Å². The van der Waals surface area contributed by atoms with Crippen LogP contribution in [-0.4, -0.2) is 20.2 Å². The smallest absolute Gasteiger partial charge is 0.184 e. The Morgan fingerprint density at radius 1 is 1.38 bits per heavy atom. The highest BCUT2D eigenvalue weighted by Gasteiger charge is 2.28. The molecule has 16 heavy (non-hydrogen) atoms. The number of benzene rings is 1. The molecule has 0 unspecified atom stereocenters. The molecule has 0 bridgehead atoms. The Kier molecular flexibility index (Phi) is 1.92. The highest BCUT2D eigenvalue weighted by atomic mass is 15.6. The van der Waals surface area contributed by atoms with E-state index in [0.717, 1.165) is 35.5 Å². The van der Waals surface area contributed by atoms with E-state index in [4.69, 9.17) is 5.73 Å². The van der Waals surface area contributed by atoms with Crippen molar-refractivity contribution >= 4 is 5.69 Å². The van der Waals surface area contributed by atoms with Gasteiger partial charge in [0.15, 0.2) is 5.82 Å². The summed E-state index contributed by atoms with van der Waals surface area (Å²) in [5, 5.41) is 11.8. The number of aromatic nitrogens is 4. The van der Waals surface area contributed by atoms with Crippen LogP contribution in [0.5, 0.6) is 0 Å². The predicted molar refractivity (Wildman–Crippen MR) is 60.7 cm³/mol. The molecule has 0 aliphatic heterocycles. The Hall–Kier alpha value is -1.91. The average Bonchev–Trinajstić information content (AvgIpc) is 3.01. The van der Waals surface area contributed by atoms with Crippen molar-refractivity contribution in [3.8, 4) is 11.4 Å². The maximum Gasteiger partial charge on any atom is 0.184 e. The standard InChI is InChI=1S/C11H13N5/c1-7-2-5-10(12)9(6-7)11-13-14-15-16(11)8-3-4-8/h2,5-6,8H,3-4,12H2,1H3. The van der Waals surface area contributed by atoms with E-state index in [1.807, 2.05) is 29.8 Å². The fourth-order valence-corrected chi connectivity index (χ4v) is 1.80. The first-order valence-corrected chi connectivity index (χ1v) is 5.40. The van der Waals surface area contributed by atoms with Gasteiger partial charge < -0.3 is 5.73 Å². The number of anilines is 1. The van der Waals surface area contributed by atoms with Gasteiger partial charge in [0.05, 0.1) is 6.04 Å². The van der Waals surface area contributed by atoms with E-state index in [1.165, 1.54) is 0 Å². The van der Waals surface area contributed by atoms with Gasteiger partial charge in [0.25, 0.3) is 0 Å². The summed E-state index contributed by atoms with van der Waals surface area (Å²) in [6.07, 6.45) is 2.31. The fraction of sp³-hybridized carbons (Fsp3) is 0.364. The zero-order chi connectivity index (χ0) is 11.1. The number of hydrogen-bond donors (Lipinski definition) is 1. The molecule has 2 N–H and O–H groups in total. The number of nitrogens with zero attached hydrogens (tertiary/aromatic N) is 4. The fourth-order valence-electron chi connectivity index (χ4n) is 1.80. The third-order valence-corrected chi connectivity index (χ3v) is 2.84. The molecule has 0 atom stereocenters. The molecule has 82 valence electrons. The summed E-state index contributed by atoms with van der Waals surface area (Å²) in [4.78, 5) is 0. The number of nitrogen functional groups attached to an aromatic ring is 1. The molecule has 1 aliphatic carbocycles. The van der Waals surface area contributed by atoms with Crippen molar-refractivity contribution in [2.24, 2.45) is 0 Å². The number of aryl methyl sites for hydroxylation is 1. The maximum atomic E-state index is 5.96. The molecule has 0 amide bonds. The van der Waals surface area contributed by atoms with Crippen molar-refractivity contribution in [3.63, 3.8) is 0 Å². The third kappa shape index (κ3) is 1.44. The van der Waals surface area contributed by atoms with Crippen molar-refractivity contribution in [1.82, 2.24) is 20.2 Å². The lowest BCUT2D eigenvalue weighted by molar-refractivity contribution is 0.615. The van der Waals surface area contributed by atoms with Crippen LogP contribution >= 0.6 is 0 Å². The van der Waals surface area contributed by atoms with Crippen LogP contribution in [0.1, 0.15) is 24.4 Å². The second kappa shape index (κ2) is 3.30. The number of nitrogens with two attached hydrogens (primary N) is 1. The van der Waals surface area contributed by atoms with Crippen molar-refractivity contribution in [2.45, 2.75) is 25.8 Å². The number of rotatable bonds is 2. The van der Waals surface area contributed by atoms with Crippen molar-refractivity contribution < 1.29 is 0 Å². The minimum absolute atomic E-state index is 0.463. The lowest BCUT2D eigenvalue weighted by atomic mass is 10.1. The molecule has 1 fully saturated rings. The van der Waals surface area contributed by atoms with Crippen LogP contribution in [0.3, 0.4) is 0 Å². The Labute approximate surface area is 93.3 Å². The molecule has 5 nitrogen and oxygen atoms in total. The van der Waals surface area contributed by atoms with E-state index < -0.39 is 0 Å². The first-order chi connectivity index (χ1) is 7.75. The second-order valence-electron chi connectivity index (χ2n) is 4.27. The highest BCUT2D eigenvalue weighted by molar-refractivity contribution is 5.72. The minimum atomic E-state index is 0.463. The SMILES string of the molecule is Cc1ccc(N)c(-c2nnnn2C2CC2)c1. The van der Waals surface area contributed by atoms with E-state index in [0.29, 0.717) is 6.04 Å². The third-order valence-electron chi connectivity index (χ3n) is 2.84. The van der Waals surface area contributed by atoms with Crippen LogP contribution in [0.2, 0.25) is 0 Å². The highest BCUT2D eigenvalue weighted by Crippen LogP contribution is 2.37. The van der Waals surface area contributed by atoms with Gasteiger partial charge in [-0.3, -0.25) is 0 Å². The molecule has 1 saturated carbocycles. The molecular weight excluding hydrogens is 202 g/mol. The summed E-state index contributed by atoms with van der Waals surface area (Å²) >= 11 is 0. The number of hydrogen-bond acceptors (Lipinski definition) is 4. The average molecular weight is 215 g/mol. The summed E-state index contributed by atoms with van der Waals surface area (Å²) in [7, 11) is 0. The van der Waals surface area contributed by atoms with Gasteiger partial charge in [-0.15, -0.1) is 5.10 Å². The van der Waals surface area contributed by atoms with Gasteiger partial charge in [0.2, 0.25) is 0 Å². The molecule has 3 rings (SSSR count). The summed E-state index contributed by atoms with van der Waals surface area (Å²) < 4.78 is 1.88. The zero-order valence-electron chi connectivity index (χ0n) is 9.09. The van der Waals surface area contributed by atoms with Crippen molar-refractivity contribution in [2.75, 3.05) is 5.73 Å². The van der Waals surface area contributed by atoms with Crippen molar-refractivity contribution in [1.29, 1.82) is 0 Å². The quantitative estimate of drug-likeness (QED) is 0.772. The summed E-state index contributed by atoms with van der Waals surface area (Å²) in [5.41, 5.74) is 8.77. The Morgan fingerprint density at radius 2 is 2.19 bits per heavy atom. The van der Waals surface area contributed by atoms with Gasteiger partial charge >= 0.3 is 0 Å². The molecule has 0 spiro atoms. The molecule has 0 saturated heterocycles. The molecular formula is C11H13N5. The zero-order valence-corrected chi connectivity index (χ0v) is 9.09. The lowest BCUT2D eigenvalue weighted by Crippen LogP contribution is -2.02. The van der Waals surface area contributed by atoms with Crippen LogP contribution in [0.25, 0.3) is 11.4 Å². The second-order valence-corrected chi connectivity index (χ2v) is 4.27. The van der Waals surface area contributed by atoms with Crippen LogP contribution in [0.15, 0.2) is 18.2 Å². The molecule has 5 heteroatoms. The Morgan fingerprint density at radius 3 is 2.94 bits per heavy atom. The minimum Gasteiger partial charge on any atom is -0.398 e. The normalized spacial score (nSPS) is 15.3. The van der Waals surface area contributed by atoms with E-state index in [2.05, 4.69) is 15.5 Å². The van der Waals surface area contributed by atoms with E-state index in [1.54, 1.807) is 0 Å². The lowest BCUT2D eigenvalue weighted by Gasteiger charge is -2.06. The maximum absolute atomic E-state index is 5.96. The van der Waals surface area contributed by atoms with Gasteiger partial charge in [-0.25, -0.2) is 4.68 Å². The molecule has 1 aromatic heterocycles. The number of tetrazole rings is 1.